The van der Waals surface area contributed by atoms with Gasteiger partial charge in [0.25, 0.3) is 0 Å². The summed E-state index contributed by atoms with van der Waals surface area (Å²) in [5, 5.41) is 3.04. The fourth-order valence-electron chi connectivity index (χ4n) is 6.43. The van der Waals surface area contributed by atoms with Crippen molar-refractivity contribution in [2.75, 3.05) is 44.8 Å². The summed E-state index contributed by atoms with van der Waals surface area (Å²) in [7, 11) is 2.17. The molecule has 2 unspecified atom stereocenters. The molecule has 0 aromatic heterocycles. The summed E-state index contributed by atoms with van der Waals surface area (Å²) < 4.78 is 5.34. The smallest absolute Gasteiger partial charge is 0.306 e. The third-order valence-electron chi connectivity index (χ3n) is 10.1. The number of nitrogens with one attached hydrogen (secondary N) is 1. The zero-order valence-electron chi connectivity index (χ0n) is 33.7. The summed E-state index contributed by atoms with van der Waals surface area (Å²) in [6, 6.07) is -0.446. The van der Waals surface area contributed by atoms with Crippen LogP contribution in [-0.4, -0.2) is 73.9 Å². The molecule has 1 amide bonds. The van der Waals surface area contributed by atoms with Crippen LogP contribution in [0.2, 0.25) is 0 Å². The van der Waals surface area contributed by atoms with E-state index in [1.54, 1.807) is 11.8 Å². The second-order valence-electron chi connectivity index (χ2n) is 15.4. The molecular formula is C42H83N3O4S. The van der Waals surface area contributed by atoms with Crippen LogP contribution >= 0.6 is 11.8 Å². The highest BCUT2D eigenvalue weighted by Crippen LogP contribution is 2.21. The zero-order valence-corrected chi connectivity index (χ0v) is 34.5. The minimum absolute atomic E-state index is 0.0107. The molecule has 1 rings (SSSR count). The first-order valence-electron chi connectivity index (χ1n) is 21.1. The molecular weight excluding hydrogens is 643 g/mol. The number of carbonyl (C=O) groups is 3. The number of thioether (sulfide) groups is 1. The molecule has 50 heavy (non-hydrogen) atoms. The maximum Gasteiger partial charge on any atom is 0.306 e. The van der Waals surface area contributed by atoms with Gasteiger partial charge < -0.3 is 25.5 Å². The number of aldehydes is 1. The molecule has 1 heterocycles. The maximum absolute atomic E-state index is 13.2. The molecule has 7 nitrogen and oxygen atoms in total. The van der Waals surface area contributed by atoms with Crippen molar-refractivity contribution in [3.05, 3.63) is 0 Å². The maximum atomic E-state index is 13.2. The summed E-state index contributed by atoms with van der Waals surface area (Å²) in [6.45, 7) is 12.8. The first-order valence-corrected chi connectivity index (χ1v) is 22.3. The molecule has 0 spiro atoms. The van der Waals surface area contributed by atoms with Gasteiger partial charge in [-0.05, 0) is 82.8 Å². The van der Waals surface area contributed by atoms with Crippen LogP contribution in [0.3, 0.4) is 0 Å². The van der Waals surface area contributed by atoms with Crippen molar-refractivity contribution < 1.29 is 19.1 Å². The third-order valence-corrected chi connectivity index (χ3v) is 11.1. The molecule has 8 heteroatoms. The van der Waals surface area contributed by atoms with Crippen molar-refractivity contribution in [1.82, 2.24) is 10.2 Å². The number of ether oxygens (including phenoxy) is 1. The summed E-state index contributed by atoms with van der Waals surface area (Å²) in [5.74, 6) is 2.89. The summed E-state index contributed by atoms with van der Waals surface area (Å²) in [4.78, 5) is 39.2. The molecule has 1 saturated heterocycles. The van der Waals surface area contributed by atoms with E-state index in [-0.39, 0.29) is 17.8 Å². The van der Waals surface area contributed by atoms with Crippen LogP contribution in [-0.2, 0) is 19.1 Å². The average molecular weight is 726 g/mol. The topological polar surface area (TPSA) is 102 Å². The Balaban J connectivity index is 0.00000229. The third kappa shape index (κ3) is 31.6. The van der Waals surface area contributed by atoms with Gasteiger partial charge in [0.15, 0.2) is 0 Å². The lowest BCUT2D eigenvalue weighted by Gasteiger charge is -2.27. The Morgan fingerprint density at radius 3 is 1.82 bits per heavy atom. The first kappa shape index (κ1) is 48.9. The Morgan fingerprint density at radius 2 is 1.30 bits per heavy atom. The van der Waals surface area contributed by atoms with Gasteiger partial charge in [0, 0.05) is 11.7 Å². The molecule has 3 N–H and O–H groups in total. The Kier molecular flexibility index (Phi) is 35.4. The Hall–Kier alpha value is -1.12. The SMILES string of the molecule is CCCCCCCCCCC(CCCCCCCC)C(=O)NC(C=O)CCSCCC(=O)OCCCCCC(C)C.CN1CCC(CN)CC1. The van der Waals surface area contributed by atoms with Crippen LogP contribution < -0.4 is 11.1 Å². The number of esters is 1. The fraction of sp³-hybridized carbons (Fsp3) is 0.929. The van der Waals surface area contributed by atoms with Gasteiger partial charge in [0.1, 0.15) is 6.29 Å². The van der Waals surface area contributed by atoms with Crippen LogP contribution in [0, 0.1) is 17.8 Å². The van der Waals surface area contributed by atoms with E-state index >= 15 is 0 Å². The van der Waals surface area contributed by atoms with Gasteiger partial charge in [-0.3, -0.25) is 9.59 Å². The monoisotopic (exact) mass is 726 g/mol. The largest absolute Gasteiger partial charge is 0.466 e. The van der Waals surface area contributed by atoms with Crippen molar-refractivity contribution in [3.63, 3.8) is 0 Å². The summed E-state index contributed by atoms with van der Waals surface area (Å²) >= 11 is 1.65. The predicted octanol–water partition coefficient (Wildman–Crippen LogP) is 10.1. The van der Waals surface area contributed by atoms with E-state index in [0.29, 0.717) is 25.2 Å². The van der Waals surface area contributed by atoms with Crippen molar-refractivity contribution >= 4 is 29.9 Å². The van der Waals surface area contributed by atoms with Gasteiger partial charge in [0.2, 0.25) is 5.91 Å². The summed E-state index contributed by atoms with van der Waals surface area (Å²) in [5.41, 5.74) is 5.53. The number of nitrogens with zero attached hydrogens (tertiary/aromatic N) is 1. The summed E-state index contributed by atoms with van der Waals surface area (Å²) in [6.07, 6.45) is 28.3. The Bertz CT molecular complexity index is 776. The standard InChI is InChI=1S/C35H67NO4S.C7H16N2/c1-5-7-9-11-13-14-16-20-24-32(23-19-15-12-10-8-6-2)35(39)36-33(30-37)25-28-41-29-26-34(38)40-27-21-17-18-22-31(3)4;1-9-4-2-7(6-8)3-5-9/h30-33H,5-29H2,1-4H3,(H,36,39);7H,2-6,8H2,1H3. The average Bonchev–Trinajstić information content (AvgIpc) is 3.11. The number of hydrogen-bond donors (Lipinski definition) is 2. The molecule has 1 aliphatic heterocycles. The second-order valence-corrected chi connectivity index (χ2v) is 16.6. The van der Waals surface area contributed by atoms with E-state index in [4.69, 9.17) is 10.5 Å². The van der Waals surface area contributed by atoms with Gasteiger partial charge in [-0.15, -0.1) is 0 Å². The van der Waals surface area contributed by atoms with E-state index in [1.165, 1.54) is 116 Å². The van der Waals surface area contributed by atoms with Crippen molar-refractivity contribution in [2.24, 2.45) is 23.5 Å². The lowest BCUT2D eigenvalue weighted by atomic mass is 9.93. The molecule has 0 aliphatic carbocycles. The number of nitrogens with two attached hydrogens (primary N) is 1. The van der Waals surface area contributed by atoms with Crippen LogP contribution in [0.1, 0.15) is 182 Å². The number of piperidine rings is 1. The van der Waals surface area contributed by atoms with Gasteiger partial charge >= 0.3 is 5.97 Å². The van der Waals surface area contributed by atoms with E-state index in [9.17, 15) is 14.4 Å². The second kappa shape index (κ2) is 36.2. The number of carbonyl (C=O) groups excluding carboxylic acids is 3. The molecule has 2 atom stereocenters. The number of rotatable bonds is 32. The van der Waals surface area contributed by atoms with E-state index in [2.05, 4.69) is 45.0 Å². The zero-order chi connectivity index (χ0) is 37.1. The first-order chi connectivity index (χ1) is 24.3. The molecule has 0 aromatic carbocycles. The lowest BCUT2D eigenvalue weighted by molar-refractivity contribution is -0.143. The van der Waals surface area contributed by atoms with Crippen molar-refractivity contribution in [1.29, 1.82) is 0 Å². The van der Waals surface area contributed by atoms with Gasteiger partial charge in [-0.2, -0.15) is 11.8 Å². The number of amides is 1. The van der Waals surface area contributed by atoms with Gasteiger partial charge in [-0.1, -0.05) is 137 Å². The van der Waals surface area contributed by atoms with Crippen molar-refractivity contribution in [3.8, 4) is 0 Å². The van der Waals surface area contributed by atoms with Gasteiger partial charge in [0.05, 0.1) is 19.1 Å². The predicted molar refractivity (Wildman–Crippen MR) is 217 cm³/mol. The minimum atomic E-state index is -0.446. The quantitative estimate of drug-likeness (QED) is 0.0404. The van der Waals surface area contributed by atoms with Crippen LogP contribution in [0.4, 0.5) is 0 Å². The Morgan fingerprint density at radius 1 is 0.780 bits per heavy atom. The molecule has 0 radical (unpaired) electrons. The number of likely N-dealkylation sites (tertiary alicyclic amines) is 1. The number of unbranched alkanes of at least 4 members (excludes halogenated alkanes) is 14. The molecule has 0 aromatic rings. The molecule has 1 fully saturated rings. The van der Waals surface area contributed by atoms with E-state index in [0.717, 1.165) is 68.9 Å². The fourth-order valence-corrected chi connectivity index (χ4v) is 7.37. The molecule has 296 valence electrons. The number of hydrogen-bond acceptors (Lipinski definition) is 7. The van der Waals surface area contributed by atoms with E-state index in [1.807, 2.05) is 0 Å². The lowest BCUT2D eigenvalue weighted by Crippen LogP contribution is -2.40. The highest BCUT2D eigenvalue weighted by Gasteiger charge is 2.21. The molecule has 0 bridgehead atoms. The van der Waals surface area contributed by atoms with Crippen molar-refractivity contribution in [2.45, 2.75) is 188 Å². The Labute approximate surface area is 314 Å². The highest BCUT2D eigenvalue weighted by molar-refractivity contribution is 7.99. The van der Waals surface area contributed by atoms with Crippen LogP contribution in [0.15, 0.2) is 0 Å². The van der Waals surface area contributed by atoms with Crippen LogP contribution in [0.25, 0.3) is 0 Å². The highest BCUT2D eigenvalue weighted by atomic mass is 32.2. The molecule has 1 aliphatic rings. The van der Waals surface area contributed by atoms with Gasteiger partial charge in [-0.25, -0.2) is 0 Å². The van der Waals surface area contributed by atoms with Crippen LogP contribution in [0.5, 0.6) is 0 Å². The minimum Gasteiger partial charge on any atom is -0.466 e. The normalized spacial score (nSPS) is 14.9. The molecule has 0 saturated carbocycles. The van der Waals surface area contributed by atoms with E-state index < -0.39 is 6.04 Å².